The number of amides is 2. The summed E-state index contributed by atoms with van der Waals surface area (Å²) in [6.07, 6.45) is 0. The number of anilines is 2. The van der Waals surface area contributed by atoms with E-state index in [1.165, 1.54) is 12.5 Å². The number of thiazole rings is 1. The molecule has 1 aromatic heterocycles. The summed E-state index contributed by atoms with van der Waals surface area (Å²) in [5, 5.41) is 8.65. The number of aryl methyl sites for hydroxylation is 1. The molecule has 0 aliphatic carbocycles. The Morgan fingerprint density at radius 1 is 1.00 bits per heavy atom. The van der Waals surface area contributed by atoms with Gasteiger partial charge in [0.25, 0.3) is 0 Å². The van der Waals surface area contributed by atoms with Gasteiger partial charge in [0.15, 0.2) is 0 Å². The third kappa shape index (κ3) is 6.23. The Labute approximate surface area is 181 Å². The van der Waals surface area contributed by atoms with Crippen LogP contribution in [0.4, 0.5) is 11.4 Å². The number of carbonyl (C=O) groups excluding carboxylic acids is 2. The first-order chi connectivity index (χ1) is 14.4. The molecule has 0 saturated heterocycles. The third-order valence-corrected chi connectivity index (χ3v) is 5.48. The molecule has 0 aliphatic rings. The molecule has 30 heavy (non-hydrogen) atoms. The summed E-state index contributed by atoms with van der Waals surface area (Å²) in [5.41, 5.74) is 4.69. The van der Waals surface area contributed by atoms with Crippen molar-refractivity contribution in [1.82, 2.24) is 9.88 Å². The highest BCUT2D eigenvalue weighted by molar-refractivity contribution is 7.13. The minimum absolute atomic E-state index is 0.0851. The van der Waals surface area contributed by atoms with Crippen LogP contribution >= 0.6 is 11.3 Å². The number of likely N-dealkylation sites (N-methyl/N-ethyl adjacent to an activating group) is 1. The fourth-order valence-corrected chi connectivity index (χ4v) is 3.78. The Balaban J connectivity index is 1.55. The highest BCUT2D eigenvalue weighted by Crippen LogP contribution is 2.24. The molecule has 3 aromatic rings. The van der Waals surface area contributed by atoms with E-state index < -0.39 is 0 Å². The first-order valence-corrected chi connectivity index (χ1v) is 10.7. The predicted molar refractivity (Wildman–Crippen MR) is 123 cm³/mol. The molecule has 0 aliphatic heterocycles. The number of rotatable bonds is 8. The molecule has 0 saturated carbocycles. The van der Waals surface area contributed by atoms with Crippen molar-refractivity contribution in [3.8, 4) is 10.6 Å². The molecule has 1 heterocycles. The van der Waals surface area contributed by atoms with E-state index in [2.05, 4.69) is 52.1 Å². The summed E-state index contributed by atoms with van der Waals surface area (Å²) in [5.74, 6) is -0.212. The summed E-state index contributed by atoms with van der Waals surface area (Å²) >= 11 is 1.62. The van der Waals surface area contributed by atoms with Crippen LogP contribution in [-0.4, -0.2) is 34.8 Å². The van der Waals surface area contributed by atoms with Gasteiger partial charge >= 0.3 is 0 Å². The Morgan fingerprint density at radius 3 is 2.23 bits per heavy atom. The van der Waals surface area contributed by atoms with Crippen LogP contribution < -0.4 is 10.6 Å². The summed E-state index contributed by atoms with van der Waals surface area (Å²) in [7, 11) is 0. The summed E-state index contributed by atoms with van der Waals surface area (Å²) < 4.78 is 0. The topological polar surface area (TPSA) is 74.3 Å². The number of nitrogens with one attached hydrogen (secondary N) is 2. The SMILES string of the molecule is CCN(CC(=O)Nc1ccc(NC(C)=O)cc1)Cc1csc(-c2ccc(C)cc2)n1. The minimum atomic E-state index is -0.127. The highest BCUT2D eigenvalue weighted by atomic mass is 32.1. The fourth-order valence-electron chi connectivity index (χ4n) is 2.96. The Kier molecular flexibility index (Phi) is 7.32. The first kappa shape index (κ1) is 21.7. The lowest BCUT2D eigenvalue weighted by Crippen LogP contribution is -2.32. The lowest BCUT2D eigenvalue weighted by atomic mass is 10.2. The molecule has 0 fully saturated rings. The zero-order valence-electron chi connectivity index (χ0n) is 17.4. The van der Waals surface area contributed by atoms with Crippen LogP contribution in [0.5, 0.6) is 0 Å². The summed E-state index contributed by atoms with van der Waals surface area (Å²) in [6, 6.07) is 15.4. The van der Waals surface area contributed by atoms with Gasteiger partial charge in [-0.15, -0.1) is 11.3 Å². The molecule has 0 radical (unpaired) electrons. The molecular formula is C23H26N4O2S. The number of hydrogen-bond donors (Lipinski definition) is 2. The minimum Gasteiger partial charge on any atom is -0.326 e. The van der Waals surface area contributed by atoms with Gasteiger partial charge in [-0.1, -0.05) is 36.8 Å². The van der Waals surface area contributed by atoms with Crippen LogP contribution in [0.3, 0.4) is 0 Å². The van der Waals surface area contributed by atoms with Crippen LogP contribution in [0.25, 0.3) is 10.6 Å². The average Bonchev–Trinajstić information content (AvgIpc) is 3.17. The first-order valence-electron chi connectivity index (χ1n) is 9.84. The Morgan fingerprint density at radius 2 is 1.63 bits per heavy atom. The number of carbonyl (C=O) groups is 2. The molecule has 156 valence electrons. The molecule has 3 rings (SSSR count). The van der Waals surface area contributed by atoms with E-state index in [0.717, 1.165) is 22.8 Å². The maximum Gasteiger partial charge on any atom is 0.238 e. The number of benzene rings is 2. The molecule has 7 heteroatoms. The van der Waals surface area contributed by atoms with Gasteiger partial charge in [0.05, 0.1) is 12.2 Å². The smallest absolute Gasteiger partial charge is 0.238 e. The van der Waals surface area contributed by atoms with E-state index in [9.17, 15) is 9.59 Å². The number of aromatic nitrogens is 1. The monoisotopic (exact) mass is 422 g/mol. The maximum atomic E-state index is 12.5. The lowest BCUT2D eigenvalue weighted by molar-refractivity contribution is -0.117. The van der Waals surface area contributed by atoms with E-state index in [1.54, 1.807) is 35.6 Å². The second-order valence-corrected chi connectivity index (χ2v) is 7.98. The van der Waals surface area contributed by atoms with E-state index in [4.69, 9.17) is 4.98 Å². The number of hydrogen-bond acceptors (Lipinski definition) is 5. The van der Waals surface area contributed by atoms with Crippen LogP contribution in [0, 0.1) is 6.92 Å². The van der Waals surface area contributed by atoms with Crippen LogP contribution in [0.15, 0.2) is 53.9 Å². The fraction of sp³-hybridized carbons (Fsp3) is 0.261. The van der Waals surface area contributed by atoms with Gasteiger partial charge in [0.2, 0.25) is 11.8 Å². The zero-order chi connectivity index (χ0) is 21.5. The van der Waals surface area contributed by atoms with E-state index >= 15 is 0 Å². The summed E-state index contributed by atoms with van der Waals surface area (Å²) in [6.45, 7) is 7.20. The van der Waals surface area contributed by atoms with Crippen LogP contribution in [0.2, 0.25) is 0 Å². The number of nitrogens with zero attached hydrogens (tertiary/aromatic N) is 2. The largest absolute Gasteiger partial charge is 0.326 e. The van der Waals surface area contributed by atoms with Crippen molar-refractivity contribution in [3.05, 3.63) is 65.2 Å². The summed E-state index contributed by atoms with van der Waals surface area (Å²) in [4.78, 5) is 30.3. The van der Waals surface area contributed by atoms with Crippen molar-refractivity contribution < 1.29 is 9.59 Å². The molecule has 6 nitrogen and oxygen atoms in total. The van der Waals surface area contributed by atoms with E-state index in [1.807, 2.05) is 6.92 Å². The molecule has 0 bridgehead atoms. The van der Waals surface area contributed by atoms with Crippen molar-refractivity contribution in [2.45, 2.75) is 27.3 Å². The standard InChI is InChI=1S/C23H26N4O2S/c1-4-27(13-21-15-30-23(26-21)18-7-5-16(2)6-8-18)14-22(29)25-20-11-9-19(10-12-20)24-17(3)28/h5-12,15H,4,13-14H2,1-3H3,(H,24,28)(H,25,29). The normalized spacial score (nSPS) is 10.8. The van der Waals surface area contributed by atoms with E-state index in [-0.39, 0.29) is 18.4 Å². The lowest BCUT2D eigenvalue weighted by Gasteiger charge is -2.18. The quantitative estimate of drug-likeness (QED) is 0.559. The molecular weight excluding hydrogens is 396 g/mol. The third-order valence-electron chi connectivity index (χ3n) is 4.54. The molecule has 0 unspecified atom stereocenters. The van der Waals surface area contributed by atoms with Crippen molar-refractivity contribution in [2.24, 2.45) is 0 Å². The van der Waals surface area contributed by atoms with E-state index in [0.29, 0.717) is 17.9 Å². The van der Waals surface area contributed by atoms with Gasteiger partial charge in [-0.05, 0) is 37.7 Å². The van der Waals surface area contributed by atoms with Crippen molar-refractivity contribution in [3.63, 3.8) is 0 Å². The van der Waals surface area contributed by atoms with Crippen LogP contribution in [-0.2, 0) is 16.1 Å². The van der Waals surface area contributed by atoms with Gasteiger partial charge < -0.3 is 10.6 Å². The predicted octanol–water partition coefficient (Wildman–Crippen LogP) is 4.54. The van der Waals surface area contributed by atoms with Gasteiger partial charge in [0, 0.05) is 35.8 Å². The van der Waals surface area contributed by atoms with Crippen molar-refractivity contribution in [1.29, 1.82) is 0 Å². The molecule has 2 aromatic carbocycles. The molecule has 0 spiro atoms. The molecule has 2 N–H and O–H groups in total. The van der Waals surface area contributed by atoms with Gasteiger partial charge in [-0.2, -0.15) is 0 Å². The molecule has 0 atom stereocenters. The second-order valence-electron chi connectivity index (χ2n) is 7.12. The van der Waals surface area contributed by atoms with Crippen LogP contribution in [0.1, 0.15) is 25.1 Å². The van der Waals surface area contributed by atoms with Gasteiger partial charge in [-0.25, -0.2) is 4.98 Å². The Hall–Kier alpha value is -3.03. The van der Waals surface area contributed by atoms with Crippen molar-refractivity contribution in [2.75, 3.05) is 23.7 Å². The van der Waals surface area contributed by atoms with Gasteiger partial charge in [0.1, 0.15) is 5.01 Å². The highest BCUT2D eigenvalue weighted by Gasteiger charge is 2.13. The maximum absolute atomic E-state index is 12.5. The second kappa shape index (κ2) is 10.1. The average molecular weight is 423 g/mol. The van der Waals surface area contributed by atoms with Crippen molar-refractivity contribution >= 4 is 34.5 Å². The van der Waals surface area contributed by atoms with Gasteiger partial charge in [-0.3, -0.25) is 14.5 Å². The Bertz CT molecular complexity index is 997. The molecule has 2 amide bonds. The zero-order valence-corrected chi connectivity index (χ0v) is 18.3.